The highest BCUT2D eigenvalue weighted by molar-refractivity contribution is 5.95. The zero-order valence-corrected chi connectivity index (χ0v) is 9.79. The molecule has 0 heterocycles. The fourth-order valence-corrected chi connectivity index (χ4v) is 2.33. The van der Waals surface area contributed by atoms with Gasteiger partial charge in [0.1, 0.15) is 6.29 Å². The molecule has 0 unspecified atom stereocenters. The maximum atomic E-state index is 11.1. The molecule has 0 saturated heterocycles. The Morgan fingerprint density at radius 3 is 2.31 bits per heavy atom. The van der Waals surface area contributed by atoms with Gasteiger partial charge in [-0.2, -0.15) is 0 Å². The summed E-state index contributed by atoms with van der Waals surface area (Å²) in [6.45, 7) is 4.22. The number of hydrogen-bond donors (Lipinski definition) is 0. The number of carbonyl (C=O) groups excluding carboxylic acids is 1. The molecule has 0 aromatic heterocycles. The zero-order valence-electron chi connectivity index (χ0n) is 9.79. The molecule has 82 valence electrons. The van der Waals surface area contributed by atoms with Crippen LogP contribution in [0, 0.1) is 0 Å². The quantitative estimate of drug-likeness (QED) is 0.708. The van der Waals surface area contributed by atoms with Gasteiger partial charge in [-0.25, -0.2) is 0 Å². The highest BCUT2D eigenvalue weighted by Gasteiger charge is 2.08. The van der Waals surface area contributed by atoms with Crippen LogP contribution in [0.1, 0.15) is 35.3 Å². The van der Waals surface area contributed by atoms with Gasteiger partial charge in [0.15, 0.2) is 0 Å². The number of fused-ring (bicyclic) bond motifs is 1. The lowest BCUT2D eigenvalue weighted by molar-refractivity contribution is 0.112. The Labute approximate surface area is 96.1 Å². The minimum atomic E-state index is 0.845. The molecular formula is C15H16O. The highest BCUT2D eigenvalue weighted by Crippen LogP contribution is 2.26. The van der Waals surface area contributed by atoms with E-state index >= 15 is 0 Å². The van der Waals surface area contributed by atoms with Crippen LogP contribution in [0.3, 0.4) is 0 Å². The lowest BCUT2D eigenvalue weighted by atomic mass is 9.93. The molecule has 2 aromatic rings. The van der Waals surface area contributed by atoms with Crippen LogP contribution >= 0.6 is 0 Å². The third-order valence-corrected chi connectivity index (χ3v) is 3.14. The van der Waals surface area contributed by atoms with E-state index in [4.69, 9.17) is 0 Å². The first-order valence-corrected chi connectivity index (χ1v) is 5.80. The minimum absolute atomic E-state index is 0.845. The van der Waals surface area contributed by atoms with Gasteiger partial charge in [-0.05, 0) is 40.8 Å². The fraction of sp³-hybridized carbons (Fsp3) is 0.267. The number of aldehydes is 1. The van der Waals surface area contributed by atoms with Gasteiger partial charge in [-0.15, -0.1) is 0 Å². The summed E-state index contributed by atoms with van der Waals surface area (Å²) in [5, 5.41) is 2.51. The molecule has 16 heavy (non-hydrogen) atoms. The third kappa shape index (κ3) is 1.63. The lowest BCUT2D eigenvalue weighted by Gasteiger charge is -2.11. The summed E-state index contributed by atoms with van der Waals surface area (Å²) in [6.07, 6.45) is 2.84. The maximum absolute atomic E-state index is 11.1. The second-order valence-corrected chi connectivity index (χ2v) is 3.97. The largest absolute Gasteiger partial charge is 0.298 e. The van der Waals surface area contributed by atoms with Gasteiger partial charge in [-0.3, -0.25) is 4.79 Å². The van der Waals surface area contributed by atoms with Crippen LogP contribution in [0.15, 0.2) is 30.3 Å². The van der Waals surface area contributed by atoms with Gasteiger partial charge in [0.25, 0.3) is 0 Å². The Morgan fingerprint density at radius 1 is 1.06 bits per heavy atom. The van der Waals surface area contributed by atoms with Crippen molar-refractivity contribution in [2.24, 2.45) is 0 Å². The van der Waals surface area contributed by atoms with Crippen LogP contribution < -0.4 is 0 Å². The van der Waals surface area contributed by atoms with E-state index in [1.54, 1.807) is 0 Å². The van der Waals surface area contributed by atoms with Gasteiger partial charge in [0, 0.05) is 5.56 Å². The SMILES string of the molecule is CCc1cc(C=O)c(CC)c2ccccc12. The van der Waals surface area contributed by atoms with Crippen molar-refractivity contribution in [2.45, 2.75) is 26.7 Å². The summed E-state index contributed by atoms with van der Waals surface area (Å²) in [7, 11) is 0. The maximum Gasteiger partial charge on any atom is 0.150 e. The van der Waals surface area contributed by atoms with Crippen molar-refractivity contribution in [3.63, 3.8) is 0 Å². The first kappa shape index (κ1) is 10.9. The Balaban J connectivity index is 2.88. The monoisotopic (exact) mass is 212 g/mol. The van der Waals surface area contributed by atoms with E-state index in [0.29, 0.717) is 0 Å². The van der Waals surface area contributed by atoms with E-state index in [2.05, 4.69) is 32.0 Å². The summed E-state index contributed by atoms with van der Waals surface area (Å²) in [5.74, 6) is 0. The van der Waals surface area contributed by atoms with E-state index in [1.807, 2.05) is 12.1 Å². The predicted octanol–water partition coefficient (Wildman–Crippen LogP) is 3.78. The van der Waals surface area contributed by atoms with Crippen LogP contribution in [0.2, 0.25) is 0 Å². The average molecular weight is 212 g/mol. The molecular weight excluding hydrogens is 196 g/mol. The normalized spacial score (nSPS) is 10.6. The van der Waals surface area contributed by atoms with E-state index in [0.717, 1.165) is 24.7 Å². The van der Waals surface area contributed by atoms with Crippen LogP contribution in [0.25, 0.3) is 10.8 Å². The van der Waals surface area contributed by atoms with Crippen molar-refractivity contribution in [3.05, 3.63) is 47.0 Å². The molecule has 0 saturated carbocycles. The number of rotatable bonds is 3. The Hall–Kier alpha value is -1.63. The summed E-state index contributed by atoms with van der Waals surface area (Å²) >= 11 is 0. The zero-order chi connectivity index (χ0) is 11.5. The van der Waals surface area contributed by atoms with Crippen LogP contribution in [0.5, 0.6) is 0 Å². The van der Waals surface area contributed by atoms with Crippen LogP contribution in [-0.4, -0.2) is 6.29 Å². The average Bonchev–Trinajstić information content (AvgIpc) is 2.36. The fourth-order valence-electron chi connectivity index (χ4n) is 2.33. The summed E-state index contributed by atoms with van der Waals surface area (Å²) in [5.41, 5.74) is 3.27. The molecule has 0 aliphatic rings. The van der Waals surface area contributed by atoms with Crippen molar-refractivity contribution in [3.8, 4) is 0 Å². The summed E-state index contributed by atoms with van der Waals surface area (Å²) in [6, 6.07) is 10.4. The van der Waals surface area contributed by atoms with Gasteiger partial charge in [0.2, 0.25) is 0 Å². The van der Waals surface area contributed by atoms with Crippen molar-refractivity contribution in [1.82, 2.24) is 0 Å². The molecule has 1 nitrogen and oxygen atoms in total. The number of hydrogen-bond acceptors (Lipinski definition) is 1. The lowest BCUT2D eigenvalue weighted by Crippen LogP contribution is -1.96. The van der Waals surface area contributed by atoms with E-state index in [9.17, 15) is 4.79 Å². The smallest absolute Gasteiger partial charge is 0.150 e. The molecule has 2 aromatic carbocycles. The highest BCUT2D eigenvalue weighted by atomic mass is 16.1. The first-order chi connectivity index (χ1) is 7.81. The molecule has 0 fully saturated rings. The van der Waals surface area contributed by atoms with Gasteiger partial charge in [0.05, 0.1) is 0 Å². The molecule has 0 N–H and O–H groups in total. The summed E-state index contributed by atoms with van der Waals surface area (Å²) < 4.78 is 0. The van der Waals surface area contributed by atoms with Crippen molar-refractivity contribution < 1.29 is 4.79 Å². The molecule has 0 spiro atoms. The number of benzene rings is 2. The Morgan fingerprint density at radius 2 is 1.75 bits per heavy atom. The van der Waals surface area contributed by atoms with E-state index in [-0.39, 0.29) is 0 Å². The standard InChI is InChI=1S/C15H16O/c1-3-11-9-12(10-16)13(4-2)15-8-6-5-7-14(11)15/h5-10H,3-4H2,1-2H3. The number of carbonyl (C=O) groups is 1. The third-order valence-electron chi connectivity index (χ3n) is 3.14. The van der Waals surface area contributed by atoms with Crippen LogP contribution in [0.4, 0.5) is 0 Å². The second kappa shape index (κ2) is 4.48. The Kier molecular flexibility index (Phi) is 3.04. The first-order valence-electron chi connectivity index (χ1n) is 5.80. The minimum Gasteiger partial charge on any atom is -0.298 e. The van der Waals surface area contributed by atoms with E-state index in [1.165, 1.54) is 21.9 Å². The summed E-state index contributed by atoms with van der Waals surface area (Å²) in [4.78, 5) is 11.1. The molecule has 0 radical (unpaired) electrons. The van der Waals surface area contributed by atoms with Crippen molar-refractivity contribution >= 4 is 17.1 Å². The Bertz CT molecular complexity index is 526. The molecule has 0 atom stereocenters. The molecule has 0 aliphatic heterocycles. The number of aryl methyl sites for hydroxylation is 2. The molecule has 1 heteroatoms. The molecule has 0 amide bonds. The topological polar surface area (TPSA) is 17.1 Å². The van der Waals surface area contributed by atoms with Gasteiger partial charge >= 0.3 is 0 Å². The van der Waals surface area contributed by atoms with Crippen LogP contribution in [-0.2, 0) is 12.8 Å². The van der Waals surface area contributed by atoms with Gasteiger partial charge < -0.3 is 0 Å². The predicted molar refractivity (Wildman–Crippen MR) is 68.1 cm³/mol. The second-order valence-electron chi connectivity index (χ2n) is 3.97. The van der Waals surface area contributed by atoms with E-state index < -0.39 is 0 Å². The molecule has 0 bridgehead atoms. The van der Waals surface area contributed by atoms with Crippen molar-refractivity contribution in [2.75, 3.05) is 0 Å². The van der Waals surface area contributed by atoms with Crippen molar-refractivity contribution in [1.29, 1.82) is 0 Å². The molecule has 0 aliphatic carbocycles. The molecule has 2 rings (SSSR count). The van der Waals surface area contributed by atoms with Gasteiger partial charge in [-0.1, -0.05) is 38.1 Å².